The zero-order valence-electron chi connectivity index (χ0n) is 25.5. The fraction of sp³-hybridized carbons (Fsp3) is 0.235. The van der Waals surface area contributed by atoms with Gasteiger partial charge in [-0.3, -0.25) is 28.8 Å². The molecule has 0 unspecified atom stereocenters. The maximum Gasteiger partial charge on any atom is 0.303 e. The van der Waals surface area contributed by atoms with Crippen molar-refractivity contribution < 1.29 is 47.7 Å². The fourth-order valence-corrected chi connectivity index (χ4v) is 4.96. The molecular formula is C34H32N2O10. The van der Waals surface area contributed by atoms with Crippen LogP contribution in [0.2, 0.25) is 0 Å². The van der Waals surface area contributed by atoms with Crippen LogP contribution in [0.1, 0.15) is 27.7 Å². The highest BCUT2D eigenvalue weighted by Gasteiger charge is 2.49. The van der Waals surface area contributed by atoms with E-state index in [0.29, 0.717) is 22.1 Å². The Balaban J connectivity index is 1.78. The highest BCUT2D eigenvalue weighted by molar-refractivity contribution is 6.06. The molecule has 46 heavy (non-hydrogen) atoms. The number of carbonyl (C=O) groups excluding carboxylic acids is 6. The highest BCUT2D eigenvalue weighted by Crippen LogP contribution is 2.27. The van der Waals surface area contributed by atoms with Gasteiger partial charge >= 0.3 is 23.9 Å². The molecule has 0 saturated carbocycles. The molecule has 12 nitrogen and oxygen atoms in total. The number of fused-ring (bicyclic) bond motifs is 2. The number of anilines is 2. The monoisotopic (exact) mass is 628 g/mol. The lowest BCUT2D eigenvalue weighted by molar-refractivity contribution is -0.198. The van der Waals surface area contributed by atoms with Crippen molar-refractivity contribution in [1.29, 1.82) is 0 Å². The van der Waals surface area contributed by atoms with Crippen LogP contribution in [0.15, 0.2) is 84.9 Å². The molecule has 0 aliphatic heterocycles. The third-order valence-electron chi connectivity index (χ3n) is 6.72. The second-order valence-corrected chi connectivity index (χ2v) is 10.2. The van der Waals surface area contributed by atoms with Crippen LogP contribution in [0.5, 0.6) is 0 Å². The van der Waals surface area contributed by atoms with Crippen LogP contribution < -0.4 is 10.6 Å². The lowest BCUT2D eigenvalue weighted by atomic mass is 9.99. The van der Waals surface area contributed by atoms with Crippen LogP contribution in [-0.4, -0.2) is 60.1 Å². The van der Waals surface area contributed by atoms with E-state index in [1.807, 2.05) is 36.4 Å². The number of nitrogens with one attached hydrogen (secondary N) is 2. The Hall–Kier alpha value is -5.78. The van der Waals surface area contributed by atoms with Crippen molar-refractivity contribution in [2.24, 2.45) is 0 Å². The van der Waals surface area contributed by atoms with Gasteiger partial charge in [0.25, 0.3) is 11.8 Å². The SMILES string of the molecule is CC(=O)O[C@H]([C@@H](OC(C)=O)[C@@H](OC(C)=O)C(=O)Nc1cccc2ccccc12)[C@H](OC(C)=O)C(=O)Nc1cccc2ccccc12. The Kier molecular flexibility index (Phi) is 10.7. The zero-order chi connectivity index (χ0) is 33.4. The summed E-state index contributed by atoms with van der Waals surface area (Å²) in [6.07, 6.45) is -7.87. The van der Waals surface area contributed by atoms with Crippen LogP contribution in [0.3, 0.4) is 0 Å². The quantitative estimate of drug-likeness (QED) is 0.181. The van der Waals surface area contributed by atoms with E-state index in [9.17, 15) is 28.8 Å². The molecule has 12 heteroatoms. The third-order valence-corrected chi connectivity index (χ3v) is 6.72. The molecule has 4 aromatic carbocycles. The minimum atomic E-state index is -1.98. The van der Waals surface area contributed by atoms with Crippen molar-refractivity contribution in [1.82, 2.24) is 0 Å². The summed E-state index contributed by atoms with van der Waals surface area (Å²) in [4.78, 5) is 77.0. The summed E-state index contributed by atoms with van der Waals surface area (Å²) in [7, 11) is 0. The van der Waals surface area contributed by atoms with Gasteiger partial charge in [-0.2, -0.15) is 0 Å². The maximum absolute atomic E-state index is 13.8. The standard InChI is InChI=1S/C34H32N2O10/c1-19(37)43-29(31(45-21(3)39)33(41)35-27-17-9-13-23-11-5-7-15-25(23)27)30(44-20(2)38)32(46-22(4)40)34(42)36-28-18-10-14-24-12-6-8-16-26(24)28/h5-18,29-32H,1-4H3,(H,35,41)(H,36,42)/t29-,30-,31-,32+/m1/s1. The largest absolute Gasteiger partial charge is 0.454 e. The number of hydrogen-bond acceptors (Lipinski definition) is 10. The molecule has 0 radical (unpaired) electrons. The van der Waals surface area contributed by atoms with E-state index in [4.69, 9.17) is 18.9 Å². The Morgan fingerprint density at radius 2 is 0.783 bits per heavy atom. The van der Waals surface area contributed by atoms with Crippen molar-refractivity contribution in [3.63, 3.8) is 0 Å². The molecule has 0 saturated heterocycles. The minimum Gasteiger partial charge on any atom is -0.454 e. The highest BCUT2D eigenvalue weighted by atomic mass is 16.6. The third kappa shape index (κ3) is 8.23. The first-order valence-electron chi connectivity index (χ1n) is 14.2. The normalized spacial score (nSPS) is 13.4. The van der Waals surface area contributed by atoms with E-state index in [-0.39, 0.29) is 0 Å². The molecule has 4 aromatic rings. The molecule has 4 atom stereocenters. The molecule has 0 fully saturated rings. The Bertz CT molecular complexity index is 1660. The van der Waals surface area contributed by atoms with Crippen molar-refractivity contribution in [2.45, 2.75) is 52.1 Å². The van der Waals surface area contributed by atoms with Crippen molar-refractivity contribution in [3.8, 4) is 0 Å². The summed E-state index contributed by atoms with van der Waals surface area (Å²) in [5.74, 6) is -5.83. The fourth-order valence-electron chi connectivity index (χ4n) is 4.96. The van der Waals surface area contributed by atoms with Gasteiger partial charge in [0.05, 0.1) is 0 Å². The predicted molar refractivity (Wildman–Crippen MR) is 167 cm³/mol. The van der Waals surface area contributed by atoms with E-state index in [1.165, 1.54) is 0 Å². The first-order valence-corrected chi connectivity index (χ1v) is 14.2. The lowest BCUT2D eigenvalue weighted by Gasteiger charge is -2.34. The van der Waals surface area contributed by atoms with E-state index in [2.05, 4.69) is 10.6 Å². The van der Waals surface area contributed by atoms with Crippen LogP contribution in [0.4, 0.5) is 11.4 Å². The van der Waals surface area contributed by atoms with Gasteiger partial charge in [-0.15, -0.1) is 0 Å². The van der Waals surface area contributed by atoms with Gasteiger partial charge in [-0.1, -0.05) is 72.8 Å². The summed E-state index contributed by atoms with van der Waals surface area (Å²) in [5.41, 5.74) is 0.659. The van der Waals surface area contributed by atoms with E-state index in [0.717, 1.165) is 38.5 Å². The second kappa shape index (κ2) is 14.8. The van der Waals surface area contributed by atoms with Crippen LogP contribution in [0.25, 0.3) is 21.5 Å². The van der Waals surface area contributed by atoms with Gasteiger partial charge in [-0.25, -0.2) is 0 Å². The predicted octanol–water partition coefficient (Wildman–Crippen LogP) is 4.30. The molecule has 0 aliphatic rings. The molecule has 2 N–H and O–H groups in total. The van der Waals surface area contributed by atoms with Crippen molar-refractivity contribution >= 4 is 68.6 Å². The summed E-state index contributed by atoms with van der Waals surface area (Å²) in [5, 5.41) is 8.20. The van der Waals surface area contributed by atoms with E-state index in [1.54, 1.807) is 48.5 Å². The number of hydrogen-bond donors (Lipinski definition) is 2. The zero-order valence-corrected chi connectivity index (χ0v) is 25.5. The number of ether oxygens (including phenoxy) is 4. The summed E-state index contributed by atoms with van der Waals surface area (Å²) >= 11 is 0. The van der Waals surface area contributed by atoms with Gasteiger partial charge in [0.1, 0.15) is 0 Å². The molecular weight excluding hydrogens is 596 g/mol. The molecule has 0 aliphatic carbocycles. The molecule has 238 valence electrons. The van der Waals surface area contributed by atoms with Gasteiger partial charge in [0, 0.05) is 49.8 Å². The van der Waals surface area contributed by atoms with Gasteiger partial charge < -0.3 is 29.6 Å². The molecule has 2 amide bonds. The van der Waals surface area contributed by atoms with Gasteiger partial charge in [0.2, 0.25) is 12.2 Å². The van der Waals surface area contributed by atoms with Gasteiger partial charge in [-0.05, 0) is 22.9 Å². The average Bonchev–Trinajstić information content (AvgIpc) is 3.00. The number of carbonyl (C=O) groups is 6. The number of amides is 2. The van der Waals surface area contributed by atoms with Crippen LogP contribution in [-0.2, 0) is 47.7 Å². The first-order chi connectivity index (χ1) is 21.9. The molecule has 0 spiro atoms. The number of esters is 4. The summed E-state index contributed by atoms with van der Waals surface area (Å²) in [6.45, 7) is 4.03. The topological polar surface area (TPSA) is 163 Å². The lowest BCUT2D eigenvalue weighted by Crippen LogP contribution is -2.57. The van der Waals surface area contributed by atoms with Gasteiger partial charge in [0.15, 0.2) is 12.2 Å². The van der Waals surface area contributed by atoms with E-state index < -0.39 is 60.1 Å². The Morgan fingerprint density at radius 1 is 0.457 bits per heavy atom. The first kappa shape index (κ1) is 33.1. The average molecular weight is 629 g/mol. The van der Waals surface area contributed by atoms with E-state index >= 15 is 0 Å². The molecule has 0 aromatic heterocycles. The van der Waals surface area contributed by atoms with Crippen molar-refractivity contribution in [2.75, 3.05) is 10.6 Å². The number of benzene rings is 4. The van der Waals surface area contributed by atoms with Crippen LogP contribution >= 0.6 is 0 Å². The van der Waals surface area contributed by atoms with Crippen molar-refractivity contribution in [3.05, 3.63) is 84.9 Å². The Labute approximate surface area is 263 Å². The smallest absolute Gasteiger partial charge is 0.303 e. The molecule has 4 rings (SSSR count). The maximum atomic E-state index is 13.8. The number of rotatable bonds is 11. The Morgan fingerprint density at radius 3 is 1.13 bits per heavy atom. The second-order valence-electron chi connectivity index (χ2n) is 10.2. The van der Waals surface area contributed by atoms with Crippen LogP contribution in [0, 0.1) is 0 Å². The summed E-state index contributed by atoms with van der Waals surface area (Å²) < 4.78 is 21.5. The molecule has 0 heterocycles. The molecule has 0 bridgehead atoms. The summed E-state index contributed by atoms with van der Waals surface area (Å²) in [6, 6.07) is 24.6. The minimum absolute atomic E-state index is 0.330.